The maximum atomic E-state index is 9.87. The highest BCUT2D eigenvalue weighted by Crippen LogP contribution is 2.30. The van der Waals surface area contributed by atoms with Crippen molar-refractivity contribution in [2.24, 2.45) is 0 Å². The molecule has 102 valence electrons. The van der Waals surface area contributed by atoms with Crippen molar-refractivity contribution in [3.05, 3.63) is 29.3 Å². The van der Waals surface area contributed by atoms with Gasteiger partial charge in [0.1, 0.15) is 5.75 Å². The highest BCUT2D eigenvalue weighted by molar-refractivity contribution is 5.41. The van der Waals surface area contributed by atoms with Crippen LogP contribution in [0.3, 0.4) is 0 Å². The SMILES string of the molecule is CCCN(CCC#N)[C@@H]1CCc2c(O)cccc2C1. The van der Waals surface area contributed by atoms with Crippen molar-refractivity contribution in [1.82, 2.24) is 4.90 Å². The number of fused-ring (bicyclic) bond motifs is 1. The molecule has 3 heteroatoms. The Morgan fingerprint density at radius 3 is 3.00 bits per heavy atom. The van der Waals surface area contributed by atoms with Gasteiger partial charge in [-0.15, -0.1) is 0 Å². The highest BCUT2D eigenvalue weighted by Gasteiger charge is 2.24. The monoisotopic (exact) mass is 258 g/mol. The smallest absolute Gasteiger partial charge is 0.119 e. The van der Waals surface area contributed by atoms with Crippen LogP contribution in [0.1, 0.15) is 37.3 Å². The molecule has 19 heavy (non-hydrogen) atoms. The normalized spacial score (nSPS) is 18.1. The van der Waals surface area contributed by atoms with Gasteiger partial charge in [-0.3, -0.25) is 4.90 Å². The first-order valence-electron chi connectivity index (χ1n) is 7.17. The summed E-state index contributed by atoms with van der Waals surface area (Å²) >= 11 is 0. The zero-order valence-electron chi connectivity index (χ0n) is 11.6. The standard InChI is InChI=1S/C16H22N2O/c1-2-10-18(11-4-9-17)14-7-8-15-13(12-14)5-3-6-16(15)19/h3,5-6,14,19H,2,4,7-8,10-12H2,1H3/t14-/m1/s1. The van der Waals surface area contributed by atoms with Crippen molar-refractivity contribution in [3.63, 3.8) is 0 Å². The van der Waals surface area contributed by atoms with Crippen LogP contribution in [-0.4, -0.2) is 29.1 Å². The molecule has 0 heterocycles. The van der Waals surface area contributed by atoms with Gasteiger partial charge in [-0.05, 0) is 49.4 Å². The minimum Gasteiger partial charge on any atom is -0.508 e. The molecule has 0 saturated carbocycles. The largest absolute Gasteiger partial charge is 0.508 e. The second-order valence-electron chi connectivity index (χ2n) is 5.26. The molecular formula is C16H22N2O. The summed E-state index contributed by atoms with van der Waals surface area (Å²) < 4.78 is 0. The van der Waals surface area contributed by atoms with E-state index in [1.54, 1.807) is 6.07 Å². The molecule has 1 aliphatic carbocycles. The number of aromatic hydroxyl groups is 1. The lowest BCUT2D eigenvalue weighted by Crippen LogP contribution is -2.40. The van der Waals surface area contributed by atoms with Crippen molar-refractivity contribution in [3.8, 4) is 11.8 Å². The fourth-order valence-corrected chi connectivity index (χ4v) is 3.04. The third-order valence-corrected chi connectivity index (χ3v) is 3.97. The van der Waals surface area contributed by atoms with Gasteiger partial charge >= 0.3 is 0 Å². The Morgan fingerprint density at radius 1 is 1.42 bits per heavy atom. The summed E-state index contributed by atoms with van der Waals surface area (Å²) in [6.07, 6.45) is 4.74. The molecule has 1 aromatic rings. The van der Waals surface area contributed by atoms with Crippen molar-refractivity contribution in [2.45, 2.75) is 45.1 Å². The first-order chi connectivity index (χ1) is 9.26. The average molecular weight is 258 g/mol. The Morgan fingerprint density at radius 2 is 2.26 bits per heavy atom. The van der Waals surface area contributed by atoms with E-state index < -0.39 is 0 Å². The summed E-state index contributed by atoms with van der Waals surface area (Å²) in [4.78, 5) is 2.44. The van der Waals surface area contributed by atoms with E-state index in [1.165, 1.54) is 5.56 Å². The van der Waals surface area contributed by atoms with Crippen molar-refractivity contribution in [1.29, 1.82) is 5.26 Å². The van der Waals surface area contributed by atoms with Crippen LogP contribution in [0.2, 0.25) is 0 Å². The number of benzene rings is 1. The number of hydrogen-bond donors (Lipinski definition) is 1. The summed E-state index contributed by atoms with van der Waals surface area (Å²) in [5, 5.41) is 18.6. The molecule has 0 saturated heterocycles. The Hall–Kier alpha value is -1.53. The quantitative estimate of drug-likeness (QED) is 0.883. The van der Waals surface area contributed by atoms with E-state index in [2.05, 4.69) is 24.0 Å². The Bertz CT molecular complexity index is 464. The number of phenolic OH excluding ortho intramolecular Hbond substituents is 1. The molecule has 3 nitrogen and oxygen atoms in total. The molecule has 2 rings (SSSR count). The van der Waals surface area contributed by atoms with Gasteiger partial charge in [-0.1, -0.05) is 19.1 Å². The Kier molecular flexibility index (Phi) is 4.81. The van der Waals surface area contributed by atoms with E-state index in [-0.39, 0.29) is 0 Å². The van der Waals surface area contributed by atoms with Gasteiger partial charge in [0.25, 0.3) is 0 Å². The van der Waals surface area contributed by atoms with Crippen LogP contribution in [-0.2, 0) is 12.8 Å². The van der Waals surface area contributed by atoms with Gasteiger partial charge < -0.3 is 5.11 Å². The molecule has 0 aliphatic heterocycles. The second-order valence-corrected chi connectivity index (χ2v) is 5.26. The summed E-state index contributed by atoms with van der Waals surface area (Å²) in [5.74, 6) is 0.440. The van der Waals surface area contributed by atoms with Crippen LogP contribution in [0.4, 0.5) is 0 Å². The summed E-state index contributed by atoms with van der Waals surface area (Å²) in [5.41, 5.74) is 2.39. The Balaban J connectivity index is 2.08. The zero-order chi connectivity index (χ0) is 13.7. The van der Waals surface area contributed by atoms with Gasteiger partial charge in [-0.2, -0.15) is 5.26 Å². The summed E-state index contributed by atoms with van der Waals surface area (Å²) in [6.45, 7) is 4.10. The van der Waals surface area contributed by atoms with Crippen LogP contribution >= 0.6 is 0 Å². The Labute approximate surface area is 115 Å². The van der Waals surface area contributed by atoms with Crippen molar-refractivity contribution in [2.75, 3.05) is 13.1 Å². The second kappa shape index (κ2) is 6.58. The fraction of sp³-hybridized carbons (Fsp3) is 0.562. The van der Waals surface area contributed by atoms with Gasteiger partial charge in [-0.25, -0.2) is 0 Å². The molecule has 1 atom stereocenters. The molecule has 0 bridgehead atoms. The molecule has 1 N–H and O–H groups in total. The molecule has 0 radical (unpaired) electrons. The first kappa shape index (κ1) is 13.9. The van der Waals surface area contributed by atoms with E-state index in [0.717, 1.165) is 44.3 Å². The molecule has 0 fully saturated rings. The molecule has 1 aliphatic rings. The molecule has 0 unspecified atom stereocenters. The first-order valence-corrected chi connectivity index (χ1v) is 7.17. The van der Waals surface area contributed by atoms with E-state index in [4.69, 9.17) is 5.26 Å². The number of nitriles is 1. The number of phenols is 1. The van der Waals surface area contributed by atoms with E-state index in [0.29, 0.717) is 18.2 Å². The van der Waals surface area contributed by atoms with Gasteiger partial charge in [0.2, 0.25) is 0 Å². The predicted molar refractivity (Wildman–Crippen MR) is 76.0 cm³/mol. The van der Waals surface area contributed by atoms with Crippen LogP contribution < -0.4 is 0 Å². The van der Waals surface area contributed by atoms with E-state index in [1.807, 2.05) is 6.07 Å². The molecule has 0 aromatic heterocycles. The average Bonchev–Trinajstić information content (AvgIpc) is 2.43. The topological polar surface area (TPSA) is 47.3 Å². The van der Waals surface area contributed by atoms with Crippen LogP contribution in [0.25, 0.3) is 0 Å². The van der Waals surface area contributed by atoms with E-state index in [9.17, 15) is 5.11 Å². The van der Waals surface area contributed by atoms with Gasteiger partial charge in [0, 0.05) is 19.0 Å². The minimum atomic E-state index is 0.440. The van der Waals surface area contributed by atoms with Crippen LogP contribution in [0.5, 0.6) is 5.75 Å². The maximum absolute atomic E-state index is 9.87. The minimum absolute atomic E-state index is 0.440. The lowest BCUT2D eigenvalue weighted by molar-refractivity contribution is 0.183. The van der Waals surface area contributed by atoms with Gasteiger partial charge in [0.15, 0.2) is 0 Å². The van der Waals surface area contributed by atoms with Crippen molar-refractivity contribution >= 4 is 0 Å². The van der Waals surface area contributed by atoms with Crippen molar-refractivity contribution < 1.29 is 5.11 Å². The lowest BCUT2D eigenvalue weighted by atomic mass is 9.86. The number of hydrogen-bond acceptors (Lipinski definition) is 3. The molecular weight excluding hydrogens is 236 g/mol. The fourth-order valence-electron chi connectivity index (χ4n) is 3.04. The number of rotatable bonds is 5. The zero-order valence-corrected chi connectivity index (χ0v) is 11.6. The highest BCUT2D eigenvalue weighted by atomic mass is 16.3. The third-order valence-electron chi connectivity index (χ3n) is 3.97. The third kappa shape index (κ3) is 3.27. The molecule has 1 aromatic carbocycles. The summed E-state index contributed by atoms with van der Waals surface area (Å²) in [7, 11) is 0. The number of nitrogens with zero attached hydrogens (tertiary/aromatic N) is 2. The van der Waals surface area contributed by atoms with Crippen LogP contribution in [0, 0.1) is 11.3 Å². The molecule has 0 spiro atoms. The maximum Gasteiger partial charge on any atom is 0.119 e. The van der Waals surface area contributed by atoms with E-state index >= 15 is 0 Å². The molecule has 0 amide bonds. The predicted octanol–water partition coefficient (Wildman–Crippen LogP) is 2.88. The van der Waals surface area contributed by atoms with Crippen LogP contribution in [0.15, 0.2) is 18.2 Å². The van der Waals surface area contributed by atoms with Gasteiger partial charge in [0.05, 0.1) is 6.07 Å². The lowest BCUT2D eigenvalue weighted by Gasteiger charge is -2.34. The summed E-state index contributed by atoms with van der Waals surface area (Å²) in [6, 6.07) is 8.58.